The second kappa shape index (κ2) is 10.3. The third-order valence-electron chi connectivity index (χ3n) is 4.12. The zero-order chi connectivity index (χ0) is 21.5. The van der Waals surface area contributed by atoms with Gasteiger partial charge >= 0.3 is 0 Å². The fourth-order valence-corrected chi connectivity index (χ4v) is 3.04. The number of nitrogens with one attached hydrogen (secondary N) is 3. The van der Waals surface area contributed by atoms with Gasteiger partial charge in [-0.3, -0.25) is 15.6 Å². The van der Waals surface area contributed by atoms with Crippen LogP contribution in [-0.4, -0.2) is 17.1 Å². The van der Waals surface area contributed by atoms with Crippen LogP contribution < -0.4 is 20.9 Å². The molecular weight excluding hydrogens is 441 g/mol. The number of amides is 1. The number of anilines is 1. The molecule has 1 amide bonds. The predicted octanol–water partition coefficient (Wildman–Crippen LogP) is 5.45. The summed E-state index contributed by atoms with van der Waals surface area (Å²) in [5, 5.41) is 3.93. The largest absolute Gasteiger partial charge is 0.481 e. The van der Waals surface area contributed by atoms with Gasteiger partial charge in [0.25, 0.3) is 5.91 Å². The molecule has 1 unspecified atom stereocenters. The molecule has 5 nitrogen and oxygen atoms in total. The first-order chi connectivity index (χ1) is 14.4. The molecule has 0 aliphatic rings. The maximum atomic E-state index is 12.3. The Kier molecular flexibility index (Phi) is 7.52. The first-order valence-electron chi connectivity index (χ1n) is 9.06. The molecule has 3 aromatic carbocycles. The summed E-state index contributed by atoms with van der Waals surface area (Å²) in [7, 11) is 0. The topological polar surface area (TPSA) is 62.4 Å². The number of halogens is 2. The molecule has 0 heterocycles. The van der Waals surface area contributed by atoms with Crippen LogP contribution in [0, 0.1) is 0 Å². The minimum Gasteiger partial charge on any atom is -0.481 e. The molecule has 0 saturated heterocycles. The molecule has 0 fully saturated rings. The van der Waals surface area contributed by atoms with Gasteiger partial charge in [-0.2, -0.15) is 0 Å². The maximum absolute atomic E-state index is 12.3. The van der Waals surface area contributed by atoms with Crippen molar-refractivity contribution in [3.63, 3.8) is 0 Å². The van der Waals surface area contributed by atoms with Crippen molar-refractivity contribution in [1.29, 1.82) is 0 Å². The number of thiocarbonyl (C=S) groups is 1. The zero-order valence-electron chi connectivity index (χ0n) is 16.0. The summed E-state index contributed by atoms with van der Waals surface area (Å²) in [6.07, 6.45) is -0.729. The molecule has 0 spiro atoms. The van der Waals surface area contributed by atoms with Crippen molar-refractivity contribution in [3.8, 4) is 16.9 Å². The van der Waals surface area contributed by atoms with E-state index >= 15 is 0 Å². The fraction of sp³-hybridized carbons (Fsp3) is 0.0909. The van der Waals surface area contributed by atoms with E-state index in [9.17, 15) is 4.79 Å². The van der Waals surface area contributed by atoms with E-state index in [0.717, 1.165) is 11.1 Å². The highest BCUT2D eigenvalue weighted by Crippen LogP contribution is 2.25. The van der Waals surface area contributed by atoms with E-state index in [4.69, 9.17) is 40.2 Å². The molecular formula is C22H19Cl2N3O2S. The molecule has 3 rings (SSSR count). The third-order valence-corrected chi connectivity index (χ3v) is 5.06. The van der Waals surface area contributed by atoms with Crippen molar-refractivity contribution in [2.45, 2.75) is 13.0 Å². The minimum absolute atomic E-state index is 0.196. The summed E-state index contributed by atoms with van der Waals surface area (Å²) in [5.74, 6) is 0.217. The second-order valence-corrected chi connectivity index (χ2v) is 7.57. The Balaban J connectivity index is 1.48. The van der Waals surface area contributed by atoms with E-state index in [1.54, 1.807) is 25.1 Å². The molecule has 0 saturated carbocycles. The van der Waals surface area contributed by atoms with Gasteiger partial charge < -0.3 is 10.1 Å². The summed E-state index contributed by atoms with van der Waals surface area (Å²) >= 11 is 17.0. The number of hydrogen-bond donors (Lipinski definition) is 3. The number of hydrazine groups is 1. The average Bonchev–Trinajstić information content (AvgIpc) is 2.75. The summed E-state index contributed by atoms with van der Waals surface area (Å²) in [4.78, 5) is 12.3. The number of hydrogen-bond acceptors (Lipinski definition) is 3. The van der Waals surface area contributed by atoms with Crippen LogP contribution in [0.1, 0.15) is 6.92 Å². The highest BCUT2D eigenvalue weighted by molar-refractivity contribution is 7.80. The molecule has 3 N–H and O–H groups in total. The Morgan fingerprint density at radius 3 is 2.23 bits per heavy atom. The van der Waals surface area contributed by atoms with Crippen molar-refractivity contribution in [3.05, 3.63) is 82.8 Å². The molecule has 8 heteroatoms. The highest BCUT2D eigenvalue weighted by atomic mass is 35.5. The monoisotopic (exact) mass is 459 g/mol. The molecule has 30 heavy (non-hydrogen) atoms. The van der Waals surface area contributed by atoms with Gasteiger partial charge in [0.1, 0.15) is 5.75 Å². The van der Waals surface area contributed by atoms with Gasteiger partial charge in [0.15, 0.2) is 11.2 Å². The molecule has 0 bridgehead atoms. The van der Waals surface area contributed by atoms with Gasteiger partial charge in [0, 0.05) is 5.69 Å². The van der Waals surface area contributed by atoms with Crippen molar-refractivity contribution in [2.24, 2.45) is 0 Å². The lowest BCUT2D eigenvalue weighted by molar-refractivity contribution is -0.127. The normalized spacial score (nSPS) is 11.3. The van der Waals surface area contributed by atoms with Gasteiger partial charge in [-0.25, -0.2) is 0 Å². The van der Waals surface area contributed by atoms with E-state index in [0.29, 0.717) is 21.5 Å². The van der Waals surface area contributed by atoms with Gasteiger partial charge in [0.05, 0.1) is 10.0 Å². The van der Waals surface area contributed by atoms with E-state index in [1.165, 1.54) is 0 Å². The Morgan fingerprint density at radius 1 is 0.900 bits per heavy atom. The number of carbonyl (C=O) groups excluding carboxylic acids is 1. The highest BCUT2D eigenvalue weighted by Gasteiger charge is 2.15. The lowest BCUT2D eigenvalue weighted by Gasteiger charge is -2.17. The molecule has 1 atom stereocenters. The van der Waals surface area contributed by atoms with E-state index in [1.807, 2.05) is 54.6 Å². The number of carbonyl (C=O) groups is 1. The fourth-order valence-electron chi connectivity index (χ4n) is 2.57. The quantitative estimate of drug-likeness (QED) is 0.349. The standard InChI is InChI=1S/C22H19Cl2N3O2S/c1-14(29-18-10-7-16(8-11-18)15-5-3-2-4-6-15)21(28)26-27-22(30)25-17-9-12-19(23)20(24)13-17/h2-14H,1H3,(H,26,28)(H2,25,27,30). The minimum atomic E-state index is -0.729. The first-order valence-corrected chi connectivity index (χ1v) is 10.2. The molecule has 0 aromatic heterocycles. The third kappa shape index (κ3) is 6.10. The van der Waals surface area contributed by atoms with Gasteiger partial charge in [0.2, 0.25) is 0 Å². The Labute approximate surface area is 190 Å². The number of rotatable bonds is 5. The molecule has 0 aliphatic heterocycles. The summed E-state index contributed by atoms with van der Waals surface area (Å²) in [6, 6.07) is 22.6. The van der Waals surface area contributed by atoms with Crippen molar-refractivity contribution >= 4 is 52.1 Å². The molecule has 0 radical (unpaired) electrons. The van der Waals surface area contributed by atoms with Crippen LogP contribution in [0.4, 0.5) is 5.69 Å². The van der Waals surface area contributed by atoms with Crippen LogP contribution in [-0.2, 0) is 4.79 Å². The lowest BCUT2D eigenvalue weighted by atomic mass is 10.1. The molecule has 0 aliphatic carbocycles. The van der Waals surface area contributed by atoms with Gasteiger partial charge in [-0.05, 0) is 60.6 Å². The molecule has 3 aromatic rings. The Bertz CT molecular complexity index is 1030. The zero-order valence-corrected chi connectivity index (χ0v) is 18.3. The predicted molar refractivity (Wildman–Crippen MR) is 126 cm³/mol. The number of ether oxygens (including phenoxy) is 1. The van der Waals surface area contributed by atoms with Crippen molar-refractivity contribution in [2.75, 3.05) is 5.32 Å². The summed E-state index contributed by atoms with van der Waals surface area (Å²) in [5.41, 5.74) is 7.96. The Morgan fingerprint density at radius 2 is 1.57 bits per heavy atom. The van der Waals surface area contributed by atoms with Crippen LogP contribution in [0.2, 0.25) is 10.0 Å². The second-order valence-electron chi connectivity index (χ2n) is 6.35. The van der Waals surface area contributed by atoms with E-state index in [2.05, 4.69) is 16.2 Å². The van der Waals surface area contributed by atoms with Crippen molar-refractivity contribution < 1.29 is 9.53 Å². The average molecular weight is 460 g/mol. The van der Waals surface area contributed by atoms with Crippen LogP contribution in [0.25, 0.3) is 11.1 Å². The van der Waals surface area contributed by atoms with Gasteiger partial charge in [-0.15, -0.1) is 0 Å². The summed E-state index contributed by atoms with van der Waals surface area (Å²) in [6.45, 7) is 1.65. The summed E-state index contributed by atoms with van der Waals surface area (Å²) < 4.78 is 5.70. The SMILES string of the molecule is CC(Oc1ccc(-c2ccccc2)cc1)C(=O)NNC(=S)Nc1ccc(Cl)c(Cl)c1. The van der Waals surface area contributed by atoms with Crippen LogP contribution in [0.3, 0.4) is 0 Å². The van der Waals surface area contributed by atoms with E-state index < -0.39 is 6.10 Å². The van der Waals surface area contributed by atoms with E-state index in [-0.39, 0.29) is 11.0 Å². The maximum Gasteiger partial charge on any atom is 0.279 e. The van der Waals surface area contributed by atoms with Crippen LogP contribution >= 0.6 is 35.4 Å². The van der Waals surface area contributed by atoms with Crippen molar-refractivity contribution in [1.82, 2.24) is 10.9 Å². The Hall–Kier alpha value is -2.80. The van der Waals surface area contributed by atoms with Gasteiger partial charge in [-0.1, -0.05) is 65.7 Å². The smallest absolute Gasteiger partial charge is 0.279 e. The van der Waals surface area contributed by atoms with Crippen LogP contribution in [0.5, 0.6) is 5.75 Å². The first kappa shape index (κ1) is 21.9. The number of benzene rings is 3. The molecule has 154 valence electrons. The lowest BCUT2D eigenvalue weighted by Crippen LogP contribution is -2.48. The van der Waals surface area contributed by atoms with Crippen LogP contribution in [0.15, 0.2) is 72.8 Å².